The van der Waals surface area contributed by atoms with Gasteiger partial charge in [-0.1, -0.05) is 24.3 Å². The summed E-state index contributed by atoms with van der Waals surface area (Å²) >= 11 is 1.60. The fourth-order valence-corrected chi connectivity index (χ4v) is 3.99. The lowest BCUT2D eigenvalue weighted by atomic mass is 10.1. The molecule has 0 atom stereocenters. The first-order valence-corrected chi connectivity index (χ1v) is 8.89. The molecule has 1 aromatic carbocycles. The lowest BCUT2D eigenvalue weighted by molar-refractivity contribution is -0.134. The molecule has 0 radical (unpaired) electrons. The molecule has 0 bridgehead atoms. The number of benzene rings is 1. The van der Waals surface area contributed by atoms with Gasteiger partial charge in [0.25, 0.3) is 0 Å². The van der Waals surface area contributed by atoms with Crippen molar-refractivity contribution < 1.29 is 9.59 Å². The van der Waals surface area contributed by atoms with Crippen LogP contribution >= 0.6 is 11.3 Å². The molecule has 0 N–H and O–H groups in total. The smallest absolute Gasteiger partial charge is 0.228 e. The fourth-order valence-electron chi connectivity index (χ4n) is 2.85. The van der Waals surface area contributed by atoms with E-state index in [0.717, 1.165) is 27.6 Å². The number of thiazole rings is 1. The van der Waals surface area contributed by atoms with E-state index in [-0.39, 0.29) is 5.91 Å². The summed E-state index contributed by atoms with van der Waals surface area (Å²) in [6.45, 7) is 6.49. The Bertz CT molecular complexity index is 748. The van der Waals surface area contributed by atoms with Crippen molar-refractivity contribution in [2.45, 2.75) is 20.3 Å². The van der Waals surface area contributed by atoms with E-state index in [2.05, 4.69) is 24.0 Å². The topological polar surface area (TPSA) is 53.5 Å². The number of amides is 2. The van der Waals surface area contributed by atoms with Crippen molar-refractivity contribution in [2.75, 3.05) is 26.2 Å². The highest BCUT2D eigenvalue weighted by molar-refractivity contribution is 7.15. The van der Waals surface area contributed by atoms with Crippen LogP contribution in [0.4, 0.5) is 0 Å². The molecular weight excluding hydrogens is 322 g/mol. The van der Waals surface area contributed by atoms with Gasteiger partial charge in [0.05, 0.1) is 12.1 Å². The normalized spacial score (nSPS) is 14.8. The molecule has 0 saturated carbocycles. The third-order valence-corrected chi connectivity index (χ3v) is 5.59. The van der Waals surface area contributed by atoms with E-state index in [1.165, 1.54) is 5.56 Å². The van der Waals surface area contributed by atoms with Crippen molar-refractivity contribution >= 4 is 23.7 Å². The molecule has 3 rings (SSSR count). The lowest BCUT2D eigenvalue weighted by Crippen LogP contribution is -2.48. The molecule has 5 nitrogen and oxygen atoms in total. The van der Waals surface area contributed by atoms with Crippen LogP contribution < -0.4 is 0 Å². The number of nitrogens with zero attached hydrogens (tertiary/aromatic N) is 3. The fraction of sp³-hybridized carbons (Fsp3) is 0.389. The monoisotopic (exact) mass is 343 g/mol. The number of rotatable bonds is 4. The number of aryl methyl sites for hydroxylation is 2. The second kappa shape index (κ2) is 7.13. The summed E-state index contributed by atoms with van der Waals surface area (Å²) in [4.78, 5) is 32.5. The number of hydrogen-bond donors (Lipinski definition) is 0. The Balaban J connectivity index is 1.71. The highest BCUT2D eigenvalue weighted by Gasteiger charge is 2.22. The zero-order valence-corrected chi connectivity index (χ0v) is 14.8. The molecule has 126 valence electrons. The van der Waals surface area contributed by atoms with Crippen LogP contribution in [0.3, 0.4) is 0 Å². The third-order valence-electron chi connectivity index (χ3n) is 4.40. The Hall–Kier alpha value is -2.21. The van der Waals surface area contributed by atoms with Crippen LogP contribution in [0, 0.1) is 13.8 Å². The van der Waals surface area contributed by atoms with Gasteiger partial charge in [-0.05, 0) is 19.4 Å². The van der Waals surface area contributed by atoms with Gasteiger partial charge in [0.15, 0.2) is 0 Å². The molecule has 0 spiro atoms. The minimum absolute atomic E-state index is 0.114. The first-order valence-electron chi connectivity index (χ1n) is 8.08. The van der Waals surface area contributed by atoms with Crippen molar-refractivity contribution in [1.82, 2.24) is 14.8 Å². The summed E-state index contributed by atoms with van der Waals surface area (Å²) < 4.78 is 0. The van der Waals surface area contributed by atoms with E-state index < -0.39 is 0 Å². The summed E-state index contributed by atoms with van der Waals surface area (Å²) in [6, 6.07) is 8.17. The summed E-state index contributed by atoms with van der Waals surface area (Å²) in [5.74, 6) is 0.114. The zero-order chi connectivity index (χ0) is 17.1. The minimum Gasteiger partial charge on any atom is -0.342 e. The predicted octanol–water partition coefficient (Wildman–Crippen LogP) is 2.27. The van der Waals surface area contributed by atoms with Crippen molar-refractivity contribution in [3.8, 4) is 10.6 Å². The molecular formula is C18H21N3O2S. The number of hydrogen-bond acceptors (Lipinski definition) is 4. The maximum atomic E-state index is 12.5. The van der Waals surface area contributed by atoms with Crippen molar-refractivity contribution in [2.24, 2.45) is 0 Å². The number of carbonyl (C=O) groups excluding carboxylic acids is 2. The first-order chi connectivity index (χ1) is 11.6. The largest absolute Gasteiger partial charge is 0.342 e. The van der Waals surface area contributed by atoms with Crippen LogP contribution in [0.5, 0.6) is 0 Å². The SMILES string of the molecule is Cc1ccccc1-c1nc(C)c(CC(=O)N2CCN(C=O)CC2)s1. The molecule has 2 aromatic rings. The van der Waals surface area contributed by atoms with Gasteiger partial charge in [-0.2, -0.15) is 0 Å². The maximum absolute atomic E-state index is 12.5. The number of piperazine rings is 1. The van der Waals surface area contributed by atoms with Crippen LogP contribution in [-0.2, 0) is 16.0 Å². The average Bonchev–Trinajstić information content (AvgIpc) is 2.95. The molecule has 1 saturated heterocycles. The Kier molecular flexibility index (Phi) is 4.94. The molecule has 1 aliphatic rings. The lowest BCUT2D eigenvalue weighted by Gasteiger charge is -2.32. The maximum Gasteiger partial charge on any atom is 0.228 e. The van der Waals surface area contributed by atoms with Gasteiger partial charge >= 0.3 is 0 Å². The molecule has 0 unspecified atom stereocenters. The summed E-state index contributed by atoms with van der Waals surface area (Å²) in [7, 11) is 0. The average molecular weight is 343 g/mol. The summed E-state index contributed by atoms with van der Waals surface area (Å²) in [5.41, 5.74) is 3.25. The predicted molar refractivity (Wildman–Crippen MR) is 94.9 cm³/mol. The zero-order valence-electron chi connectivity index (χ0n) is 14.0. The Morgan fingerprint density at radius 3 is 2.58 bits per heavy atom. The number of aromatic nitrogens is 1. The highest BCUT2D eigenvalue weighted by atomic mass is 32.1. The van der Waals surface area contributed by atoms with E-state index >= 15 is 0 Å². The van der Waals surface area contributed by atoms with E-state index in [1.54, 1.807) is 16.2 Å². The molecule has 24 heavy (non-hydrogen) atoms. The Morgan fingerprint density at radius 1 is 1.21 bits per heavy atom. The quantitative estimate of drug-likeness (QED) is 0.800. The summed E-state index contributed by atoms with van der Waals surface area (Å²) in [5, 5.41) is 0.971. The highest BCUT2D eigenvalue weighted by Crippen LogP contribution is 2.30. The standard InChI is InChI=1S/C18H21N3O2S/c1-13-5-3-4-6-15(13)18-19-14(2)16(24-18)11-17(23)21-9-7-20(12-22)8-10-21/h3-6,12H,7-11H2,1-2H3. The van der Waals surface area contributed by atoms with Crippen LogP contribution in [0.2, 0.25) is 0 Å². The van der Waals surface area contributed by atoms with Crippen LogP contribution in [0.1, 0.15) is 16.1 Å². The van der Waals surface area contributed by atoms with Gasteiger partial charge < -0.3 is 9.80 Å². The molecule has 1 aliphatic heterocycles. The van der Waals surface area contributed by atoms with Crippen LogP contribution in [0.25, 0.3) is 10.6 Å². The first kappa shape index (κ1) is 16.6. The molecule has 2 heterocycles. The Labute approximate surface area is 145 Å². The van der Waals surface area contributed by atoms with E-state index in [4.69, 9.17) is 0 Å². The molecule has 1 fully saturated rings. The minimum atomic E-state index is 0.114. The molecule has 6 heteroatoms. The van der Waals surface area contributed by atoms with Gasteiger partial charge in [-0.3, -0.25) is 9.59 Å². The van der Waals surface area contributed by atoms with E-state index in [1.807, 2.05) is 24.0 Å². The summed E-state index contributed by atoms with van der Waals surface area (Å²) in [6.07, 6.45) is 1.24. The second-order valence-electron chi connectivity index (χ2n) is 6.04. The van der Waals surface area contributed by atoms with E-state index in [9.17, 15) is 9.59 Å². The van der Waals surface area contributed by atoms with Crippen molar-refractivity contribution in [3.05, 3.63) is 40.4 Å². The molecule has 0 aliphatic carbocycles. The van der Waals surface area contributed by atoms with E-state index in [0.29, 0.717) is 32.6 Å². The van der Waals surface area contributed by atoms with Crippen molar-refractivity contribution in [1.29, 1.82) is 0 Å². The second-order valence-corrected chi connectivity index (χ2v) is 7.13. The van der Waals surface area contributed by atoms with Gasteiger partial charge in [0, 0.05) is 36.6 Å². The van der Waals surface area contributed by atoms with Gasteiger partial charge in [0.1, 0.15) is 5.01 Å². The molecule has 1 aromatic heterocycles. The van der Waals surface area contributed by atoms with Crippen molar-refractivity contribution in [3.63, 3.8) is 0 Å². The number of carbonyl (C=O) groups is 2. The van der Waals surface area contributed by atoms with Gasteiger partial charge in [-0.15, -0.1) is 11.3 Å². The Morgan fingerprint density at radius 2 is 1.92 bits per heavy atom. The van der Waals surface area contributed by atoms with Gasteiger partial charge in [0.2, 0.25) is 12.3 Å². The van der Waals surface area contributed by atoms with Crippen LogP contribution in [-0.4, -0.2) is 53.3 Å². The van der Waals surface area contributed by atoms with Crippen LogP contribution in [0.15, 0.2) is 24.3 Å². The molecule has 2 amide bonds. The third kappa shape index (κ3) is 3.48. The van der Waals surface area contributed by atoms with Gasteiger partial charge in [-0.25, -0.2) is 4.98 Å².